The van der Waals surface area contributed by atoms with Gasteiger partial charge in [0.2, 0.25) is 0 Å². The van der Waals surface area contributed by atoms with E-state index in [2.05, 4.69) is 60.6 Å². The normalized spacial score (nSPS) is 27.9. The van der Waals surface area contributed by atoms with Gasteiger partial charge in [0.25, 0.3) is 0 Å². The number of nitrogens with one attached hydrogen (secondary N) is 2. The highest BCUT2D eigenvalue weighted by Crippen LogP contribution is 2.23. The first kappa shape index (κ1) is 25.4. The van der Waals surface area contributed by atoms with Crippen LogP contribution in [0.25, 0.3) is 0 Å². The number of aliphatic imine (C=N–C) groups is 1. The van der Waals surface area contributed by atoms with Gasteiger partial charge in [0.15, 0.2) is 5.96 Å². The van der Waals surface area contributed by atoms with Crippen LogP contribution in [0.2, 0.25) is 0 Å². The molecule has 0 amide bonds. The van der Waals surface area contributed by atoms with Crippen LogP contribution in [0.5, 0.6) is 0 Å². The molecule has 1 aromatic carbocycles. The number of guanidine groups is 1. The zero-order valence-electron chi connectivity index (χ0n) is 18.9. The summed E-state index contributed by atoms with van der Waals surface area (Å²) in [5.41, 5.74) is 2.71. The van der Waals surface area contributed by atoms with Crippen molar-refractivity contribution in [2.24, 2.45) is 16.8 Å². The molecule has 3 rings (SSSR count). The average Bonchev–Trinajstić information content (AvgIpc) is 2.68. The predicted octanol–water partition coefficient (Wildman–Crippen LogP) is 4.14. The Hall–Kier alpha value is -0.860. The lowest BCUT2D eigenvalue weighted by Crippen LogP contribution is -2.45. The highest BCUT2D eigenvalue weighted by atomic mass is 127. The molecule has 2 unspecified atom stereocenters. The molecule has 30 heavy (non-hydrogen) atoms. The molecule has 0 bridgehead atoms. The molecule has 5 nitrogen and oxygen atoms in total. The number of hydrogen-bond donors (Lipinski definition) is 3. The van der Waals surface area contributed by atoms with E-state index in [1.54, 1.807) is 0 Å². The van der Waals surface area contributed by atoms with Crippen molar-refractivity contribution < 1.29 is 5.11 Å². The molecule has 2 atom stereocenters. The molecule has 2 fully saturated rings. The second-order valence-electron chi connectivity index (χ2n) is 9.25. The third kappa shape index (κ3) is 8.00. The van der Waals surface area contributed by atoms with Crippen LogP contribution in [0.15, 0.2) is 29.3 Å². The number of rotatable bonds is 6. The van der Waals surface area contributed by atoms with Crippen LogP contribution < -0.4 is 10.6 Å². The molecule has 0 spiro atoms. The maximum atomic E-state index is 9.74. The van der Waals surface area contributed by atoms with Crippen molar-refractivity contribution in [1.82, 2.24) is 15.5 Å². The van der Waals surface area contributed by atoms with Crippen molar-refractivity contribution in [3.8, 4) is 0 Å². The molecule has 1 saturated carbocycles. The molecule has 0 aromatic heterocycles. The van der Waals surface area contributed by atoms with E-state index in [-0.39, 0.29) is 30.1 Å². The fourth-order valence-corrected chi connectivity index (χ4v) is 4.93. The van der Waals surface area contributed by atoms with Gasteiger partial charge in [-0.15, -0.1) is 24.0 Å². The van der Waals surface area contributed by atoms with Crippen molar-refractivity contribution in [2.45, 2.75) is 78.1 Å². The Labute approximate surface area is 200 Å². The van der Waals surface area contributed by atoms with Crippen LogP contribution in [-0.4, -0.2) is 47.7 Å². The standard InChI is InChI=1S/C24H40N4O.HI/c1-4-25-24(27-22-9-11-23(29)12-10-22)26-14-20-7-5-6-8-21(20)17-28-15-18(2)13-19(3)16-28;/h5-8,18-19,22-23,29H,4,9-17H2,1-3H3,(H2,25,26,27);1H. The Kier molecular flexibility index (Phi) is 10.9. The lowest BCUT2D eigenvalue weighted by Gasteiger charge is -2.35. The summed E-state index contributed by atoms with van der Waals surface area (Å²) in [5.74, 6) is 2.45. The zero-order chi connectivity index (χ0) is 20.6. The van der Waals surface area contributed by atoms with Gasteiger partial charge in [0.05, 0.1) is 12.6 Å². The Bertz CT molecular complexity index is 650. The maximum Gasteiger partial charge on any atom is 0.191 e. The van der Waals surface area contributed by atoms with Crippen molar-refractivity contribution in [2.75, 3.05) is 19.6 Å². The number of likely N-dealkylation sites (tertiary alicyclic amines) is 1. The van der Waals surface area contributed by atoms with E-state index in [0.717, 1.165) is 56.6 Å². The second kappa shape index (κ2) is 12.9. The van der Waals surface area contributed by atoms with Crippen molar-refractivity contribution in [3.05, 3.63) is 35.4 Å². The van der Waals surface area contributed by atoms with Gasteiger partial charge >= 0.3 is 0 Å². The molecule has 1 aromatic rings. The van der Waals surface area contributed by atoms with Gasteiger partial charge in [-0.1, -0.05) is 38.1 Å². The Morgan fingerprint density at radius 3 is 2.33 bits per heavy atom. The molecule has 1 aliphatic heterocycles. The SMILES string of the molecule is CCNC(=NCc1ccccc1CN1CC(C)CC(C)C1)NC1CCC(O)CC1.I. The minimum absolute atomic E-state index is 0. The Morgan fingerprint density at radius 2 is 1.70 bits per heavy atom. The predicted molar refractivity (Wildman–Crippen MR) is 136 cm³/mol. The molecular weight excluding hydrogens is 487 g/mol. The Morgan fingerprint density at radius 1 is 1.07 bits per heavy atom. The number of halogens is 1. The van der Waals surface area contributed by atoms with Gasteiger partial charge in [-0.25, -0.2) is 4.99 Å². The van der Waals surface area contributed by atoms with Gasteiger partial charge in [0.1, 0.15) is 0 Å². The summed E-state index contributed by atoms with van der Waals surface area (Å²) in [6.45, 7) is 11.8. The zero-order valence-corrected chi connectivity index (χ0v) is 21.3. The summed E-state index contributed by atoms with van der Waals surface area (Å²) >= 11 is 0. The van der Waals surface area contributed by atoms with Gasteiger partial charge in [-0.2, -0.15) is 0 Å². The first-order chi connectivity index (χ1) is 14.0. The fourth-order valence-electron chi connectivity index (χ4n) is 4.93. The summed E-state index contributed by atoms with van der Waals surface area (Å²) < 4.78 is 0. The Balaban J connectivity index is 0.00000320. The number of aliphatic hydroxyl groups excluding tert-OH is 1. The van der Waals surface area contributed by atoms with Gasteiger partial charge in [-0.3, -0.25) is 4.90 Å². The van der Waals surface area contributed by atoms with Gasteiger partial charge < -0.3 is 15.7 Å². The minimum atomic E-state index is -0.125. The number of benzene rings is 1. The molecule has 170 valence electrons. The first-order valence-corrected chi connectivity index (χ1v) is 11.6. The van der Waals surface area contributed by atoms with Crippen molar-refractivity contribution in [3.63, 3.8) is 0 Å². The molecule has 1 aliphatic carbocycles. The van der Waals surface area contributed by atoms with E-state index in [9.17, 15) is 5.11 Å². The smallest absolute Gasteiger partial charge is 0.191 e. The van der Waals surface area contributed by atoms with Crippen LogP contribution in [-0.2, 0) is 13.1 Å². The third-order valence-electron chi connectivity index (χ3n) is 6.25. The van der Waals surface area contributed by atoms with Gasteiger partial charge in [-0.05, 0) is 62.0 Å². The number of aliphatic hydroxyl groups is 1. The number of piperidine rings is 1. The molecule has 1 saturated heterocycles. The quantitative estimate of drug-likeness (QED) is 0.295. The van der Waals surface area contributed by atoms with Crippen LogP contribution in [0.4, 0.5) is 0 Å². The third-order valence-corrected chi connectivity index (χ3v) is 6.25. The van der Waals surface area contributed by atoms with E-state index in [1.807, 2.05) is 0 Å². The fraction of sp³-hybridized carbons (Fsp3) is 0.708. The van der Waals surface area contributed by atoms with Gasteiger partial charge in [0, 0.05) is 32.2 Å². The highest BCUT2D eigenvalue weighted by Gasteiger charge is 2.22. The van der Waals surface area contributed by atoms with E-state index in [0.29, 0.717) is 12.6 Å². The van der Waals surface area contributed by atoms with E-state index >= 15 is 0 Å². The molecule has 6 heteroatoms. The molecule has 3 N–H and O–H groups in total. The summed E-state index contributed by atoms with van der Waals surface area (Å²) in [7, 11) is 0. The second-order valence-corrected chi connectivity index (χ2v) is 9.25. The first-order valence-electron chi connectivity index (χ1n) is 11.6. The minimum Gasteiger partial charge on any atom is -0.393 e. The van der Waals surface area contributed by atoms with Crippen molar-refractivity contribution >= 4 is 29.9 Å². The lowest BCUT2D eigenvalue weighted by molar-refractivity contribution is 0.120. The van der Waals surface area contributed by atoms with Crippen molar-refractivity contribution in [1.29, 1.82) is 0 Å². The summed E-state index contributed by atoms with van der Waals surface area (Å²) in [6, 6.07) is 9.16. The average molecular weight is 529 g/mol. The topological polar surface area (TPSA) is 59.9 Å². The monoisotopic (exact) mass is 528 g/mol. The highest BCUT2D eigenvalue weighted by molar-refractivity contribution is 14.0. The summed E-state index contributed by atoms with van der Waals surface area (Å²) in [5, 5.41) is 16.7. The molecule has 2 aliphatic rings. The van der Waals surface area contributed by atoms with E-state index < -0.39 is 0 Å². The number of hydrogen-bond acceptors (Lipinski definition) is 3. The van der Waals surface area contributed by atoms with E-state index in [4.69, 9.17) is 4.99 Å². The summed E-state index contributed by atoms with van der Waals surface area (Å²) in [4.78, 5) is 7.50. The number of nitrogens with zero attached hydrogens (tertiary/aromatic N) is 2. The maximum absolute atomic E-state index is 9.74. The van der Waals surface area contributed by atoms with Crippen LogP contribution in [0, 0.1) is 11.8 Å². The van der Waals surface area contributed by atoms with Crippen LogP contribution >= 0.6 is 24.0 Å². The molecule has 1 heterocycles. The molecular formula is C24H41IN4O. The summed E-state index contributed by atoms with van der Waals surface area (Å²) in [6.07, 6.45) is 5.00. The lowest BCUT2D eigenvalue weighted by atomic mass is 9.91. The van der Waals surface area contributed by atoms with Crippen LogP contribution in [0.1, 0.15) is 64.0 Å². The molecule has 0 radical (unpaired) electrons. The van der Waals surface area contributed by atoms with Crippen LogP contribution in [0.3, 0.4) is 0 Å². The van der Waals surface area contributed by atoms with E-state index in [1.165, 1.54) is 30.6 Å². The largest absolute Gasteiger partial charge is 0.393 e.